The molecule has 1 aromatic rings. The highest BCUT2D eigenvalue weighted by molar-refractivity contribution is 7.09. The number of piperidine rings is 2. The number of likely N-dealkylation sites (tertiary alicyclic amines) is 2. The van der Waals surface area contributed by atoms with Crippen molar-refractivity contribution in [1.82, 2.24) is 14.8 Å². The first-order valence-corrected chi connectivity index (χ1v) is 9.59. The number of carbonyl (C=O) groups is 1. The summed E-state index contributed by atoms with van der Waals surface area (Å²) in [6.45, 7) is 6.14. The third-order valence-electron chi connectivity index (χ3n) is 4.94. The van der Waals surface area contributed by atoms with Crippen LogP contribution in [0.1, 0.15) is 56.4 Å². The summed E-state index contributed by atoms with van der Waals surface area (Å²) in [6.07, 6.45) is 8.76. The lowest BCUT2D eigenvalue weighted by Crippen LogP contribution is -2.53. The van der Waals surface area contributed by atoms with Crippen LogP contribution in [0.3, 0.4) is 0 Å². The summed E-state index contributed by atoms with van der Waals surface area (Å²) in [6, 6.07) is 0.128. The average molecular weight is 321 g/mol. The molecule has 0 saturated carbocycles. The highest BCUT2D eigenvalue weighted by Crippen LogP contribution is 2.29. The second-order valence-electron chi connectivity index (χ2n) is 6.54. The van der Waals surface area contributed by atoms with Crippen molar-refractivity contribution in [2.24, 2.45) is 0 Å². The zero-order valence-electron chi connectivity index (χ0n) is 13.5. The minimum Gasteiger partial charge on any atom is -0.341 e. The Labute approximate surface area is 137 Å². The van der Waals surface area contributed by atoms with E-state index in [1.165, 1.54) is 24.3 Å². The Kier molecular flexibility index (Phi) is 5.47. The number of amides is 1. The number of carbonyl (C=O) groups excluding carboxylic acids is 1. The Morgan fingerprint density at radius 3 is 3.00 bits per heavy atom. The first-order valence-electron chi connectivity index (χ1n) is 8.72. The molecular formula is C17H27N3OS. The van der Waals surface area contributed by atoms with E-state index < -0.39 is 0 Å². The Hall–Kier alpha value is -0.940. The van der Waals surface area contributed by atoms with Gasteiger partial charge in [0, 0.05) is 30.6 Å². The summed E-state index contributed by atoms with van der Waals surface area (Å²) in [5.74, 6) is 0.815. The van der Waals surface area contributed by atoms with Crippen molar-refractivity contribution in [3.63, 3.8) is 0 Å². The zero-order chi connectivity index (χ0) is 15.4. The number of hydrogen-bond acceptors (Lipinski definition) is 4. The van der Waals surface area contributed by atoms with E-state index in [9.17, 15) is 4.79 Å². The second kappa shape index (κ2) is 7.55. The predicted molar refractivity (Wildman–Crippen MR) is 90.2 cm³/mol. The first-order chi connectivity index (χ1) is 10.8. The van der Waals surface area contributed by atoms with E-state index in [0.717, 1.165) is 45.4 Å². The minimum atomic E-state index is 0.128. The molecule has 1 aromatic heterocycles. The zero-order valence-corrected chi connectivity index (χ0v) is 14.4. The van der Waals surface area contributed by atoms with Crippen molar-refractivity contribution < 1.29 is 4.79 Å². The summed E-state index contributed by atoms with van der Waals surface area (Å²) in [4.78, 5) is 22.0. The summed E-state index contributed by atoms with van der Waals surface area (Å²) in [5.41, 5.74) is 0. The quantitative estimate of drug-likeness (QED) is 0.855. The number of rotatable bonds is 4. The molecule has 2 saturated heterocycles. The van der Waals surface area contributed by atoms with Crippen LogP contribution in [-0.2, 0) is 4.79 Å². The molecule has 3 rings (SSSR count). The Morgan fingerprint density at radius 2 is 2.23 bits per heavy atom. The molecule has 2 atom stereocenters. The minimum absolute atomic E-state index is 0.128. The monoisotopic (exact) mass is 321 g/mol. The van der Waals surface area contributed by atoms with Crippen LogP contribution in [0, 0.1) is 0 Å². The van der Waals surface area contributed by atoms with Gasteiger partial charge in [0.1, 0.15) is 0 Å². The van der Waals surface area contributed by atoms with Gasteiger partial charge in [-0.3, -0.25) is 9.69 Å². The molecule has 0 aliphatic carbocycles. The number of hydrogen-bond donors (Lipinski definition) is 0. The lowest BCUT2D eigenvalue weighted by Gasteiger charge is -2.40. The highest BCUT2D eigenvalue weighted by Gasteiger charge is 2.34. The van der Waals surface area contributed by atoms with E-state index in [-0.39, 0.29) is 6.04 Å². The van der Waals surface area contributed by atoms with E-state index in [4.69, 9.17) is 0 Å². The van der Waals surface area contributed by atoms with Gasteiger partial charge in [-0.05, 0) is 45.2 Å². The van der Waals surface area contributed by atoms with Crippen molar-refractivity contribution in [1.29, 1.82) is 0 Å². The maximum absolute atomic E-state index is 13.0. The Balaban J connectivity index is 1.65. The molecular weight excluding hydrogens is 294 g/mol. The van der Waals surface area contributed by atoms with Gasteiger partial charge in [-0.15, -0.1) is 11.3 Å². The fraction of sp³-hybridized carbons (Fsp3) is 0.765. The van der Waals surface area contributed by atoms with E-state index in [2.05, 4.69) is 21.7 Å². The first kappa shape index (κ1) is 15.9. The van der Waals surface area contributed by atoms with Crippen LogP contribution >= 0.6 is 11.3 Å². The van der Waals surface area contributed by atoms with Gasteiger partial charge in [0.2, 0.25) is 5.91 Å². The molecule has 2 aliphatic rings. The van der Waals surface area contributed by atoms with Crippen LogP contribution in [-0.4, -0.2) is 52.9 Å². The molecule has 1 amide bonds. The normalized spacial score (nSPS) is 27.0. The van der Waals surface area contributed by atoms with E-state index in [1.54, 1.807) is 11.3 Å². The third-order valence-corrected chi connectivity index (χ3v) is 5.88. The topological polar surface area (TPSA) is 36.4 Å². The fourth-order valence-corrected chi connectivity index (χ4v) is 4.62. The average Bonchev–Trinajstić information content (AvgIpc) is 3.10. The molecule has 3 heterocycles. The summed E-state index contributed by atoms with van der Waals surface area (Å²) >= 11 is 1.73. The van der Waals surface area contributed by atoms with Crippen LogP contribution in [0.15, 0.2) is 11.6 Å². The highest BCUT2D eigenvalue weighted by atomic mass is 32.1. The van der Waals surface area contributed by atoms with Crippen molar-refractivity contribution in [2.75, 3.05) is 26.2 Å². The standard InChI is InChI=1S/C17H27N3OS/c1-2-9-19-10-4-3-7-15(19)17(21)20-11-5-6-14(13-20)16-18-8-12-22-16/h8,12,14-15H,2-7,9-11,13H2,1H3/t14-,15-/m1/s1. The van der Waals surface area contributed by atoms with Gasteiger partial charge in [0.05, 0.1) is 11.0 Å². The van der Waals surface area contributed by atoms with Crippen molar-refractivity contribution >= 4 is 17.2 Å². The molecule has 2 fully saturated rings. The third kappa shape index (κ3) is 3.51. The van der Waals surface area contributed by atoms with Crippen LogP contribution in [0.25, 0.3) is 0 Å². The van der Waals surface area contributed by atoms with Gasteiger partial charge in [-0.1, -0.05) is 13.3 Å². The van der Waals surface area contributed by atoms with Crippen LogP contribution in [0.2, 0.25) is 0 Å². The molecule has 0 bridgehead atoms. The van der Waals surface area contributed by atoms with Gasteiger partial charge in [0.15, 0.2) is 0 Å². The molecule has 22 heavy (non-hydrogen) atoms. The molecule has 0 aromatic carbocycles. The molecule has 0 N–H and O–H groups in total. The molecule has 122 valence electrons. The van der Waals surface area contributed by atoms with Gasteiger partial charge in [-0.2, -0.15) is 0 Å². The molecule has 0 spiro atoms. The number of nitrogens with zero attached hydrogens (tertiary/aromatic N) is 3. The van der Waals surface area contributed by atoms with E-state index in [1.807, 2.05) is 11.6 Å². The molecule has 4 nitrogen and oxygen atoms in total. The maximum atomic E-state index is 13.0. The van der Waals surface area contributed by atoms with E-state index in [0.29, 0.717) is 11.8 Å². The molecule has 0 unspecified atom stereocenters. The number of thiazole rings is 1. The van der Waals surface area contributed by atoms with Crippen molar-refractivity contribution in [3.05, 3.63) is 16.6 Å². The second-order valence-corrected chi connectivity index (χ2v) is 7.47. The predicted octanol–water partition coefficient (Wildman–Crippen LogP) is 3.11. The van der Waals surface area contributed by atoms with Crippen molar-refractivity contribution in [3.8, 4) is 0 Å². The summed E-state index contributed by atoms with van der Waals surface area (Å²) < 4.78 is 0. The summed E-state index contributed by atoms with van der Waals surface area (Å²) in [7, 11) is 0. The van der Waals surface area contributed by atoms with Crippen molar-refractivity contribution in [2.45, 2.75) is 57.4 Å². The van der Waals surface area contributed by atoms with Crippen LogP contribution < -0.4 is 0 Å². The van der Waals surface area contributed by atoms with E-state index >= 15 is 0 Å². The lowest BCUT2D eigenvalue weighted by atomic mass is 9.95. The van der Waals surface area contributed by atoms with Crippen LogP contribution in [0.4, 0.5) is 0 Å². The largest absolute Gasteiger partial charge is 0.341 e. The van der Waals surface area contributed by atoms with Crippen LogP contribution in [0.5, 0.6) is 0 Å². The van der Waals surface area contributed by atoms with Gasteiger partial charge in [0.25, 0.3) is 0 Å². The lowest BCUT2D eigenvalue weighted by molar-refractivity contribution is -0.139. The number of aromatic nitrogens is 1. The molecule has 5 heteroatoms. The maximum Gasteiger partial charge on any atom is 0.239 e. The van der Waals surface area contributed by atoms with Gasteiger partial charge >= 0.3 is 0 Å². The Morgan fingerprint density at radius 1 is 1.32 bits per heavy atom. The summed E-state index contributed by atoms with van der Waals surface area (Å²) in [5, 5.41) is 3.24. The Bertz CT molecular complexity index is 474. The van der Waals surface area contributed by atoms with Gasteiger partial charge < -0.3 is 4.90 Å². The fourth-order valence-electron chi connectivity index (χ4n) is 3.85. The smallest absolute Gasteiger partial charge is 0.239 e. The molecule has 0 radical (unpaired) electrons. The van der Waals surface area contributed by atoms with Gasteiger partial charge in [-0.25, -0.2) is 4.98 Å². The molecule has 2 aliphatic heterocycles. The SMILES string of the molecule is CCCN1CCCC[C@@H]1C(=O)N1CCC[C@@H](c2nccs2)C1.